The maximum absolute atomic E-state index is 12.0. The summed E-state index contributed by atoms with van der Waals surface area (Å²) < 4.78 is 1.49. The third-order valence-electron chi connectivity index (χ3n) is 3.11. The topological polar surface area (TPSA) is 88.0 Å². The van der Waals surface area contributed by atoms with E-state index in [2.05, 4.69) is 21.0 Å². The number of rotatable bonds is 4. The van der Waals surface area contributed by atoms with Crippen LogP contribution in [0.4, 0.5) is 5.69 Å². The van der Waals surface area contributed by atoms with Gasteiger partial charge in [0.15, 0.2) is 0 Å². The lowest BCUT2D eigenvalue weighted by Gasteiger charge is -2.22. The number of hydrogen-bond donors (Lipinski definition) is 3. The molecule has 1 aliphatic heterocycles. The zero-order valence-corrected chi connectivity index (χ0v) is 12.2. The third-order valence-corrected chi connectivity index (χ3v) is 3.11. The summed E-state index contributed by atoms with van der Waals surface area (Å²) in [6.45, 7) is 1.03. The van der Waals surface area contributed by atoms with Crippen molar-refractivity contribution < 1.29 is 9.59 Å². The van der Waals surface area contributed by atoms with Crippen LogP contribution in [0, 0.1) is 0 Å². The van der Waals surface area contributed by atoms with Crippen molar-refractivity contribution in [2.75, 3.05) is 18.9 Å². The summed E-state index contributed by atoms with van der Waals surface area (Å²) in [6.07, 6.45) is 6.24. The molecule has 1 aliphatic rings. The molecule has 2 heterocycles. The van der Waals surface area contributed by atoms with Crippen LogP contribution in [-0.2, 0) is 16.1 Å². The molecule has 3 N–H and O–H groups in total. The van der Waals surface area contributed by atoms with Gasteiger partial charge in [-0.15, -0.1) is 12.4 Å². The lowest BCUT2D eigenvalue weighted by atomic mass is 10.0. The Hall–Kier alpha value is -1.60. The van der Waals surface area contributed by atoms with Gasteiger partial charge < -0.3 is 16.0 Å². The minimum atomic E-state index is -0.130. The highest BCUT2D eigenvalue weighted by Crippen LogP contribution is 2.10. The standard InChI is InChI=1S/C12H19N5O2.ClH/c1-13-11(18)8-17-7-9(6-15-17)16-12(19)10-4-2-3-5-14-10;/h6-7,10,14H,2-5,8H2,1H3,(H,13,18)(H,16,19);1H/t10-;/m1./s1. The molecule has 0 radical (unpaired) electrons. The van der Waals surface area contributed by atoms with Crippen molar-refractivity contribution >= 4 is 29.9 Å². The molecule has 112 valence electrons. The summed E-state index contributed by atoms with van der Waals surface area (Å²) in [5.74, 6) is -0.172. The van der Waals surface area contributed by atoms with Crippen LogP contribution >= 0.6 is 12.4 Å². The van der Waals surface area contributed by atoms with E-state index in [1.54, 1.807) is 19.4 Å². The smallest absolute Gasteiger partial charge is 0.241 e. The number of anilines is 1. The molecule has 0 aliphatic carbocycles. The van der Waals surface area contributed by atoms with Crippen molar-refractivity contribution in [3.05, 3.63) is 12.4 Å². The first kappa shape index (κ1) is 16.5. The lowest BCUT2D eigenvalue weighted by molar-refractivity contribution is -0.121. The zero-order chi connectivity index (χ0) is 13.7. The average molecular weight is 302 g/mol. The van der Waals surface area contributed by atoms with Crippen molar-refractivity contribution in [2.24, 2.45) is 0 Å². The maximum atomic E-state index is 12.0. The Morgan fingerprint density at radius 1 is 1.50 bits per heavy atom. The normalized spacial score (nSPS) is 17.9. The first-order chi connectivity index (χ1) is 9.19. The molecule has 1 aromatic rings. The number of piperidine rings is 1. The summed E-state index contributed by atoms with van der Waals surface area (Å²) in [5.41, 5.74) is 0.612. The van der Waals surface area contributed by atoms with E-state index < -0.39 is 0 Å². The largest absolute Gasteiger partial charge is 0.358 e. The highest BCUT2D eigenvalue weighted by atomic mass is 35.5. The molecular formula is C12H20ClN5O2. The zero-order valence-electron chi connectivity index (χ0n) is 11.4. The fourth-order valence-electron chi connectivity index (χ4n) is 2.05. The fraction of sp³-hybridized carbons (Fsp3) is 0.583. The molecule has 1 aromatic heterocycles. The Balaban J connectivity index is 0.00000200. The highest BCUT2D eigenvalue weighted by molar-refractivity contribution is 5.94. The van der Waals surface area contributed by atoms with Crippen LogP contribution in [0.2, 0.25) is 0 Å². The van der Waals surface area contributed by atoms with Crippen LogP contribution < -0.4 is 16.0 Å². The molecule has 0 aromatic carbocycles. The van der Waals surface area contributed by atoms with Crippen LogP contribution in [0.25, 0.3) is 0 Å². The Kier molecular flexibility index (Phi) is 6.47. The van der Waals surface area contributed by atoms with E-state index in [4.69, 9.17) is 0 Å². The molecule has 1 saturated heterocycles. The summed E-state index contributed by atoms with van der Waals surface area (Å²) in [4.78, 5) is 23.2. The van der Waals surface area contributed by atoms with Crippen molar-refractivity contribution in [1.29, 1.82) is 0 Å². The van der Waals surface area contributed by atoms with Crippen LogP contribution in [0.15, 0.2) is 12.4 Å². The van der Waals surface area contributed by atoms with Gasteiger partial charge in [0, 0.05) is 13.2 Å². The van der Waals surface area contributed by atoms with Gasteiger partial charge in [0.2, 0.25) is 11.8 Å². The number of halogens is 1. The number of nitrogens with zero attached hydrogens (tertiary/aromatic N) is 2. The molecule has 20 heavy (non-hydrogen) atoms. The predicted octanol–water partition coefficient (Wildman–Crippen LogP) is 0.131. The van der Waals surface area contributed by atoms with Gasteiger partial charge >= 0.3 is 0 Å². The first-order valence-corrected chi connectivity index (χ1v) is 6.46. The van der Waals surface area contributed by atoms with E-state index in [0.29, 0.717) is 5.69 Å². The van der Waals surface area contributed by atoms with E-state index >= 15 is 0 Å². The second-order valence-electron chi connectivity index (χ2n) is 4.59. The van der Waals surface area contributed by atoms with E-state index in [-0.39, 0.29) is 36.8 Å². The van der Waals surface area contributed by atoms with Gasteiger partial charge in [-0.05, 0) is 19.4 Å². The fourth-order valence-corrected chi connectivity index (χ4v) is 2.05. The van der Waals surface area contributed by atoms with E-state index in [1.807, 2.05) is 0 Å². The van der Waals surface area contributed by atoms with Gasteiger partial charge in [0.05, 0.1) is 17.9 Å². The van der Waals surface area contributed by atoms with E-state index in [1.165, 1.54) is 4.68 Å². The molecule has 1 atom stereocenters. The molecule has 0 unspecified atom stereocenters. The lowest BCUT2D eigenvalue weighted by Crippen LogP contribution is -2.43. The van der Waals surface area contributed by atoms with Gasteiger partial charge in [0.1, 0.15) is 6.54 Å². The number of amides is 2. The molecule has 8 heteroatoms. The number of carbonyl (C=O) groups excluding carboxylic acids is 2. The minimum absolute atomic E-state index is 0. The number of aromatic nitrogens is 2. The molecule has 1 fully saturated rings. The van der Waals surface area contributed by atoms with Gasteiger partial charge in [-0.3, -0.25) is 14.3 Å². The number of carbonyl (C=O) groups is 2. The van der Waals surface area contributed by atoms with E-state index in [0.717, 1.165) is 25.8 Å². The van der Waals surface area contributed by atoms with Gasteiger partial charge in [-0.25, -0.2) is 0 Å². The number of nitrogens with one attached hydrogen (secondary N) is 3. The number of hydrogen-bond acceptors (Lipinski definition) is 4. The molecule has 2 amide bonds. The molecule has 7 nitrogen and oxygen atoms in total. The van der Waals surface area contributed by atoms with Crippen molar-refractivity contribution in [3.8, 4) is 0 Å². The summed E-state index contributed by atoms with van der Waals surface area (Å²) >= 11 is 0. The summed E-state index contributed by atoms with van der Waals surface area (Å²) in [7, 11) is 1.57. The molecule has 0 bridgehead atoms. The van der Waals surface area contributed by atoms with Crippen molar-refractivity contribution in [2.45, 2.75) is 31.8 Å². The molecule has 2 rings (SSSR count). The van der Waals surface area contributed by atoms with E-state index in [9.17, 15) is 9.59 Å². The average Bonchev–Trinajstić information content (AvgIpc) is 2.86. The highest BCUT2D eigenvalue weighted by Gasteiger charge is 2.20. The Labute approximate surface area is 123 Å². The maximum Gasteiger partial charge on any atom is 0.241 e. The van der Waals surface area contributed by atoms with Crippen LogP contribution in [0.5, 0.6) is 0 Å². The second-order valence-corrected chi connectivity index (χ2v) is 4.59. The summed E-state index contributed by atoms with van der Waals surface area (Å²) in [5, 5.41) is 12.5. The van der Waals surface area contributed by atoms with Crippen molar-refractivity contribution in [1.82, 2.24) is 20.4 Å². The second kappa shape index (κ2) is 7.86. The van der Waals surface area contributed by atoms with Gasteiger partial charge in [-0.1, -0.05) is 6.42 Å². The quantitative estimate of drug-likeness (QED) is 0.738. The number of likely N-dealkylation sites (N-methyl/N-ethyl adjacent to an activating group) is 1. The Morgan fingerprint density at radius 3 is 2.95 bits per heavy atom. The molecule has 0 spiro atoms. The van der Waals surface area contributed by atoms with Gasteiger partial charge in [-0.2, -0.15) is 5.10 Å². The monoisotopic (exact) mass is 301 g/mol. The SMILES string of the molecule is CNC(=O)Cn1cc(NC(=O)[C@H]2CCCCN2)cn1.Cl. The molecular weight excluding hydrogens is 282 g/mol. The Bertz CT molecular complexity index is 456. The first-order valence-electron chi connectivity index (χ1n) is 6.46. The van der Waals surface area contributed by atoms with Crippen molar-refractivity contribution in [3.63, 3.8) is 0 Å². The van der Waals surface area contributed by atoms with Crippen LogP contribution in [-0.4, -0.2) is 41.2 Å². The molecule has 0 saturated carbocycles. The third kappa shape index (κ3) is 4.50. The minimum Gasteiger partial charge on any atom is -0.358 e. The van der Waals surface area contributed by atoms with Crippen LogP contribution in [0.3, 0.4) is 0 Å². The van der Waals surface area contributed by atoms with Crippen LogP contribution in [0.1, 0.15) is 19.3 Å². The summed E-state index contributed by atoms with van der Waals surface area (Å²) in [6, 6.07) is -0.129. The predicted molar refractivity (Wildman–Crippen MR) is 77.8 cm³/mol. The Morgan fingerprint density at radius 2 is 2.30 bits per heavy atom. The van der Waals surface area contributed by atoms with Gasteiger partial charge in [0.25, 0.3) is 0 Å².